The van der Waals surface area contributed by atoms with E-state index in [0.29, 0.717) is 6.54 Å². The summed E-state index contributed by atoms with van der Waals surface area (Å²) < 4.78 is 28.5. The van der Waals surface area contributed by atoms with Gasteiger partial charge in [-0.15, -0.1) is 0 Å². The number of fused-ring (bicyclic) bond motifs is 2. The first-order valence-electron chi connectivity index (χ1n) is 9.74. The predicted octanol–water partition coefficient (Wildman–Crippen LogP) is 3.87. The minimum Gasteiger partial charge on any atom is -0.481 e. The van der Waals surface area contributed by atoms with Gasteiger partial charge in [0.1, 0.15) is 0 Å². The maximum absolute atomic E-state index is 12.9. The molecule has 3 aromatic carbocycles. The number of carbonyl (C=O) groups is 1. The van der Waals surface area contributed by atoms with Gasteiger partial charge in [0.05, 0.1) is 11.3 Å². The van der Waals surface area contributed by atoms with Crippen molar-refractivity contribution in [2.75, 3.05) is 6.54 Å². The zero-order valence-corrected chi connectivity index (χ0v) is 16.8. The van der Waals surface area contributed by atoms with Crippen molar-refractivity contribution in [1.82, 2.24) is 4.72 Å². The SMILES string of the molecule is O=C(O)Cc1ccc2c(c1)C(CNS(=O)(=O)c1ccc3ccccc3c1)CCC2. The van der Waals surface area contributed by atoms with Crippen molar-refractivity contribution in [3.63, 3.8) is 0 Å². The Morgan fingerprint density at radius 3 is 2.62 bits per heavy atom. The lowest BCUT2D eigenvalue weighted by Crippen LogP contribution is -2.30. The first kappa shape index (κ1) is 19.6. The number of hydrogen-bond acceptors (Lipinski definition) is 3. The molecule has 0 saturated heterocycles. The van der Waals surface area contributed by atoms with Gasteiger partial charge < -0.3 is 5.11 Å². The molecule has 0 saturated carbocycles. The summed E-state index contributed by atoms with van der Waals surface area (Å²) in [5.41, 5.74) is 3.00. The molecular weight excluding hydrogens is 386 g/mol. The summed E-state index contributed by atoms with van der Waals surface area (Å²) in [6.07, 6.45) is 2.79. The van der Waals surface area contributed by atoms with Gasteiger partial charge in [0.15, 0.2) is 0 Å². The molecule has 1 unspecified atom stereocenters. The Labute approximate surface area is 170 Å². The quantitative estimate of drug-likeness (QED) is 0.647. The van der Waals surface area contributed by atoms with Gasteiger partial charge in [0.25, 0.3) is 0 Å². The molecule has 1 aliphatic rings. The van der Waals surface area contributed by atoms with Gasteiger partial charge in [-0.1, -0.05) is 48.5 Å². The smallest absolute Gasteiger partial charge is 0.307 e. The number of aliphatic carboxylic acids is 1. The number of nitrogens with one attached hydrogen (secondary N) is 1. The van der Waals surface area contributed by atoms with Crippen molar-refractivity contribution in [2.24, 2.45) is 0 Å². The Morgan fingerprint density at radius 2 is 1.83 bits per heavy atom. The van der Waals surface area contributed by atoms with E-state index in [0.717, 1.165) is 41.2 Å². The molecule has 0 aliphatic heterocycles. The molecule has 3 aromatic rings. The molecule has 5 nitrogen and oxygen atoms in total. The van der Waals surface area contributed by atoms with E-state index in [4.69, 9.17) is 5.11 Å². The zero-order valence-electron chi connectivity index (χ0n) is 16.0. The summed E-state index contributed by atoms with van der Waals surface area (Å²) in [7, 11) is -3.63. The maximum Gasteiger partial charge on any atom is 0.307 e. The second-order valence-corrected chi connectivity index (χ2v) is 9.32. The predicted molar refractivity (Wildman–Crippen MR) is 113 cm³/mol. The van der Waals surface area contributed by atoms with E-state index < -0.39 is 16.0 Å². The number of carboxylic acids is 1. The summed E-state index contributed by atoms with van der Waals surface area (Å²) in [4.78, 5) is 11.3. The Balaban J connectivity index is 1.54. The first-order valence-corrected chi connectivity index (χ1v) is 11.2. The molecule has 1 atom stereocenters. The van der Waals surface area contributed by atoms with E-state index in [2.05, 4.69) is 4.72 Å². The minimum absolute atomic E-state index is 0.0250. The minimum atomic E-state index is -3.63. The fourth-order valence-electron chi connectivity index (χ4n) is 4.07. The normalized spacial score (nSPS) is 16.5. The fraction of sp³-hybridized carbons (Fsp3) is 0.261. The molecule has 0 aromatic heterocycles. The third-order valence-corrected chi connectivity index (χ3v) is 6.98. The first-order chi connectivity index (χ1) is 13.9. The van der Waals surface area contributed by atoms with Crippen LogP contribution in [0.5, 0.6) is 0 Å². The second kappa shape index (κ2) is 7.97. The molecule has 6 heteroatoms. The Morgan fingerprint density at radius 1 is 1.03 bits per heavy atom. The van der Waals surface area contributed by atoms with Crippen molar-refractivity contribution in [3.05, 3.63) is 77.4 Å². The van der Waals surface area contributed by atoms with Crippen molar-refractivity contribution < 1.29 is 18.3 Å². The average molecular weight is 410 g/mol. The topological polar surface area (TPSA) is 83.5 Å². The van der Waals surface area contributed by atoms with Crippen LogP contribution in [-0.4, -0.2) is 26.0 Å². The lowest BCUT2D eigenvalue weighted by Gasteiger charge is -2.26. The highest BCUT2D eigenvalue weighted by molar-refractivity contribution is 7.89. The van der Waals surface area contributed by atoms with Crippen LogP contribution in [0.1, 0.15) is 35.4 Å². The highest BCUT2D eigenvalue weighted by Gasteiger charge is 2.23. The lowest BCUT2D eigenvalue weighted by molar-refractivity contribution is -0.136. The van der Waals surface area contributed by atoms with Crippen LogP contribution in [0.3, 0.4) is 0 Å². The third kappa shape index (κ3) is 4.33. The summed E-state index contributed by atoms with van der Waals surface area (Å²) in [6.45, 7) is 0.304. The van der Waals surface area contributed by atoms with E-state index in [1.807, 2.05) is 48.5 Å². The molecular formula is C23H23NO4S. The summed E-state index contributed by atoms with van der Waals surface area (Å²) >= 11 is 0. The molecule has 150 valence electrons. The van der Waals surface area contributed by atoms with Crippen LogP contribution >= 0.6 is 0 Å². The number of sulfonamides is 1. The van der Waals surface area contributed by atoms with Gasteiger partial charge in [-0.2, -0.15) is 0 Å². The molecule has 0 heterocycles. The van der Waals surface area contributed by atoms with Crippen LogP contribution in [0.4, 0.5) is 0 Å². The fourth-order valence-corrected chi connectivity index (χ4v) is 5.19. The van der Waals surface area contributed by atoms with Crippen molar-refractivity contribution >= 4 is 26.8 Å². The standard InChI is InChI=1S/C23H23NO4S/c25-23(26)13-16-8-9-18-6-3-7-20(22(18)12-16)15-24-29(27,28)21-11-10-17-4-1-2-5-19(17)14-21/h1-2,4-5,8-12,14,20,24H,3,6-7,13,15H2,(H,25,26). The molecule has 0 fully saturated rings. The number of benzene rings is 3. The van der Waals surface area contributed by atoms with Gasteiger partial charge in [-0.3, -0.25) is 4.79 Å². The van der Waals surface area contributed by atoms with Crippen LogP contribution in [-0.2, 0) is 27.7 Å². The van der Waals surface area contributed by atoms with Gasteiger partial charge in [0, 0.05) is 6.54 Å². The molecule has 4 rings (SSSR count). The van der Waals surface area contributed by atoms with E-state index in [1.165, 1.54) is 5.56 Å². The van der Waals surface area contributed by atoms with E-state index in [9.17, 15) is 13.2 Å². The molecule has 0 amide bonds. The van der Waals surface area contributed by atoms with Crippen molar-refractivity contribution in [1.29, 1.82) is 0 Å². The van der Waals surface area contributed by atoms with E-state index in [1.54, 1.807) is 12.1 Å². The van der Waals surface area contributed by atoms with E-state index in [-0.39, 0.29) is 17.2 Å². The summed E-state index contributed by atoms with van der Waals surface area (Å²) in [5, 5.41) is 10.9. The molecule has 0 bridgehead atoms. The molecule has 0 radical (unpaired) electrons. The lowest BCUT2D eigenvalue weighted by atomic mass is 9.82. The number of carboxylic acid groups (broad SMARTS) is 1. The Kier molecular flexibility index (Phi) is 5.39. The van der Waals surface area contributed by atoms with Gasteiger partial charge in [-0.25, -0.2) is 13.1 Å². The largest absolute Gasteiger partial charge is 0.481 e. The zero-order chi connectivity index (χ0) is 20.4. The summed E-state index contributed by atoms with van der Waals surface area (Å²) in [6, 6.07) is 18.6. The Bertz CT molecular complexity index is 1170. The van der Waals surface area contributed by atoms with E-state index >= 15 is 0 Å². The number of hydrogen-bond donors (Lipinski definition) is 2. The summed E-state index contributed by atoms with van der Waals surface area (Å²) in [5.74, 6) is -0.822. The number of aryl methyl sites for hydroxylation is 1. The number of rotatable bonds is 6. The van der Waals surface area contributed by atoms with Crippen molar-refractivity contribution in [2.45, 2.75) is 36.5 Å². The monoisotopic (exact) mass is 409 g/mol. The van der Waals surface area contributed by atoms with Crippen LogP contribution in [0.2, 0.25) is 0 Å². The van der Waals surface area contributed by atoms with Gasteiger partial charge in [-0.05, 0) is 64.8 Å². The van der Waals surface area contributed by atoms with Crippen LogP contribution in [0.25, 0.3) is 10.8 Å². The highest BCUT2D eigenvalue weighted by atomic mass is 32.2. The van der Waals surface area contributed by atoms with Crippen LogP contribution < -0.4 is 4.72 Å². The molecule has 2 N–H and O–H groups in total. The van der Waals surface area contributed by atoms with Gasteiger partial charge in [0.2, 0.25) is 10.0 Å². The average Bonchev–Trinajstić information content (AvgIpc) is 2.71. The maximum atomic E-state index is 12.9. The highest BCUT2D eigenvalue weighted by Crippen LogP contribution is 2.32. The molecule has 29 heavy (non-hydrogen) atoms. The Hall–Kier alpha value is -2.70. The third-order valence-electron chi connectivity index (χ3n) is 5.56. The van der Waals surface area contributed by atoms with Crippen molar-refractivity contribution in [3.8, 4) is 0 Å². The van der Waals surface area contributed by atoms with Crippen LogP contribution in [0, 0.1) is 0 Å². The second-order valence-electron chi connectivity index (χ2n) is 7.55. The molecule has 1 aliphatic carbocycles. The van der Waals surface area contributed by atoms with Crippen LogP contribution in [0.15, 0.2) is 65.6 Å². The molecule has 0 spiro atoms. The van der Waals surface area contributed by atoms with Gasteiger partial charge >= 0.3 is 5.97 Å².